The molecule has 2 aromatic heterocycles. The van der Waals surface area contributed by atoms with Gasteiger partial charge in [0.25, 0.3) is 5.91 Å². The van der Waals surface area contributed by atoms with E-state index in [1.54, 1.807) is 0 Å². The van der Waals surface area contributed by atoms with E-state index >= 15 is 0 Å². The molecule has 1 aliphatic carbocycles. The van der Waals surface area contributed by atoms with Crippen molar-refractivity contribution in [1.29, 1.82) is 0 Å². The van der Waals surface area contributed by atoms with Gasteiger partial charge in [0.2, 0.25) is 0 Å². The lowest BCUT2D eigenvalue weighted by Gasteiger charge is -2.34. The van der Waals surface area contributed by atoms with Gasteiger partial charge in [-0.25, -0.2) is 4.98 Å². The fourth-order valence-corrected chi connectivity index (χ4v) is 5.68. The van der Waals surface area contributed by atoms with E-state index < -0.39 is 0 Å². The summed E-state index contributed by atoms with van der Waals surface area (Å²) in [4.78, 5) is 19.2. The Balaban J connectivity index is 1.67. The van der Waals surface area contributed by atoms with Crippen LogP contribution in [0.5, 0.6) is 0 Å². The first-order chi connectivity index (χ1) is 13.6. The number of nitrogens with one attached hydrogen (secondary N) is 1. The highest BCUT2D eigenvalue weighted by atomic mass is 127. The Labute approximate surface area is 189 Å². The van der Waals surface area contributed by atoms with Crippen LogP contribution in [0.2, 0.25) is 0 Å². The average molecular weight is 519 g/mol. The maximum absolute atomic E-state index is 12.9. The lowest BCUT2D eigenvalue weighted by atomic mass is 9.71. The third-order valence-electron chi connectivity index (χ3n) is 5.95. The molecule has 0 bridgehead atoms. The lowest BCUT2D eigenvalue weighted by Crippen LogP contribution is -2.27. The lowest BCUT2D eigenvalue weighted by molar-refractivity contribution is 0.103. The number of rotatable bonds is 2. The Morgan fingerprint density at radius 3 is 2.76 bits per heavy atom. The number of aryl methyl sites for hydroxylation is 2. The molecule has 1 unspecified atom stereocenters. The number of carbonyl (C=O) groups is 1. The second-order valence-electron chi connectivity index (χ2n) is 9.01. The first-order valence-electron chi connectivity index (χ1n) is 9.91. The number of fused-ring (bicyclic) bond motifs is 2. The first-order valence-corrected chi connectivity index (χ1v) is 11.8. The quantitative estimate of drug-likeness (QED) is 0.397. The summed E-state index contributed by atoms with van der Waals surface area (Å²) in [6.45, 7) is 8.92. The summed E-state index contributed by atoms with van der Waals surface area (Å²) in [6.07, 6.45) is 3.18. The minimum atomic E-state index is -0.166. The second-order valence-corrected chi connectivity index (χ2v) is 11.3. The number of carbonyl (C=O) groups excluding carboxylic acids is 1. The van der Waals surface area contributed by atoms with E-state index in [1.165, 1.54) is 22.6 Å². The molecule has 0 aliphatic heterocycles. The molecule has 3 N–H and O–H groups in total. The van der Waals surface area contributed by atoms with E-state index in [0.29, 0.717) is 16.5 Å². The molecule has 4 rings (SSSR count). The Kier molecular flexibility index (Phi) is 5.36. The highest BCUT2D eigenvalue weighted by Gasteiger charge is 2.30. The molecule has 1 atom stereocenters. The van der Waals surface area contributed by atoms with Crippen molar-refractivity contribution in [3.63, 3.8) is 0 Å². The van der Waals surface area contributed by atoms with Gasteiger partial charge in [-0.15, -0.1) is 11.3 Å². The van der Waals surface area contributed by atoms with Gasteiger partial charge in [0.05, 0.1) is 5.69 Å². The number of pyridine rings is 1. The number of nitrogens with zero attached hydrogens (tertiary/aromatic N) is 1. The molecule has 0 spiro atoms. The van der Waals surface area contributed by atoms with Crippen LogP contribution in [0.3, 0.4) is 0 Å². The number of aromatic nitrogens is 1. The maximum Gasteiger partial charge on any atom is 0.267 e. The van der Waals surface area contributed by atoms with E-state index in [1.807, 2.05) is 25.1 Å². The predicted octanol–water partition coefficient (Wildman–Crippen LogP) is 6.19. The van der Waals surface area contributed by atoms with Crippen LogP contribution in [0, 0.1) is 21.8 Å². The van der Waals surface area contributed by atoms with Crippen LogP contribution < -0.4 is 11.1 Å². The van der Waals surface area contributed by atoms with Crippen LogP contribution in [0.4, 0.5) is 11.4 Å². The number of halogens is 1. The standard InChI is InChI=1S/C23H26IN3OS/c1-12-9-15(24)6-8-17(12)26-21(28)20-19(25)16-11-13-10-14(23(2,3)4)5-7-18(13)27-22(16)29-20/h6,8-9,11,14H,5,7,10,25H2,1-4H3,(H,26,28). The zero-order valence-corrected chi connectivity index (χ0v) is 20.2. The molecule has 0 fully saturated rings. The van der Waals surface area contributed by atoms with Crippen molar-refractivity contribution in [1.82, 2.24) is 4.98 Å². The van der Waals surface area contributed by atoms with E-state index in [9.17, 15) is 4.79 Å². The molecule has 1 amide bonds. The number of thiophene rings is 1. The normalized spacial score (nSPS) is 16.7. The first kappa shape index (κ1) is 20.6. The number of amides is 1. The number of benzene rings is 1. The Bertz CT molecular complexity index is 1110. The third-order valence-corrected chi connectivity index (χ3v) is 7.74. The Morgan fingerprint density at radius 1 is 1.31 bits per heavy atom. The number of hydrogen-bond donors (Lipinski definition) is 2. The van der Waals surface area contributed by atoms with E-state index in [4.69, 9.17) is 10.7 Å². The van der Waals surface area contributed by atoms with Gasteiger partial charge in [-0.05, 0) is 95.5 Å². The zero-order valence-electron chi connectivity index (χ0n) is 17.2. The van der Waals surface area contributed by atoms with E-state index in [-0.39, 0.29) is 11.3 Å². The highest BCUT2D eigenvalue weighted by molar-refractivity contribution is 14.1. The largest absolute Gasteiger partial charge is 0.397 e. The molecule has 4 nitrogen and oxygen atoms in total. The molecule has 29 heavy (non-hydrogen) atoms. The van der Waals surface area contributed by atoms with Crippen LogP contribution in [-0.4, -0.2) is 10.9 Å². The van der Waals surface area contributed by atoms with Crippen molar-refractivity contribution in [2.45, 2.75) is 47.0 Å². The van der Waals surface area contributed by atoms with Gasteiger partial charge in [0.15, 0.2) is 0 Å². The SMILES string of the molecule is Cc1cc(I)ccc1NC(=O)c1sc2nc3c(cc2c1N)CC(C(C)(C)C)CC3. The number of nitrogens with two attached hydrogens (primary N) is 1. The molecule has 152 valence electrons. The van der Waals surface area contributed by atoms with Crippen LogP contribution in [0.25, 0.3) is 10.2 Å². The van der Waals surface area contributed by atoms with Gasteiger partial charge in [0, 0.05) is 20.3 Å². The summed E-state index contributed by atoms with van der Waals surface area (Å²) in [7, 11) is 0. The van der Waals surface area contributed by atoms with E-state index in [2.05, 4.69) is 54.7 Å². The smallest absolute Gasteiger partial charge is 0.267 e. The summed E-state index contributed by atoms with van der Waals surface area (Å²) in [5.41, 5.74) is 11.5. The second kappa shape index (κ2) is 7.54. The molecule has 6 heteroatoms. The van der Waals surface area contributed by atoms with Gasteiger partial charge < -0.3 is 11.1 Å². The fraction of sp³-hybridized carbons (Fsp3) is 0.391. The summed E-state index contributed by atoms with van der Waals surface area (Å²) in [5.74, 6) is 0.473. The third kappa shape index (κ3) is 4.01. The van der Waals surface area contributed by atoms with Crippen molar-refractivity contribution >= 4 is 61.4 Å². The van der Waals surface area contributed by atoms with Gasteiger partial charge in [-0.3, -0.25) is 4.79 Å². The minimum Gasteiger partial charge on any atom is -0.397 e. The maximum atomic E-state index is 12.9. The van der Waals surface area contributed by atoms with Crippen molar-refractivity contribution in [2.24, 2.45) is 11.3 Å². The van der Waals surface area contributed by atoms with Crippen LogP contribution in [0.1, 0.15) is 53.7 Å². The Morgan fingerprint density at radius 2 is 2.07 bits per heavy atom. The summed E-state index contributed by atoms with van der Waals surface area (Å²) < 4.78 is 1.14. The van der Waals surface area contributed by atoms with Crippen LogP contribution in [-0.2, 0) is 12.8 Å². The number of nitrogen functional groups attached to an aromatic ring is 1. The van der Waals surface area contributed by atoms with Crippen LogP contribution >= 0.6 is 33.9 Å². The molecule has 3 aromatic rings. The van der Waals surface area contributed by atoms with Gasteiger partial charge in [0.1, 0.15) is 9.71 Å². The average Bonchev–Trinajstić information content (AvgIpc) is 2.97. The molecular formula is C23H26IN3OS. The van der Waals surface area contributed by atoms with Crippen molar-refractivity contribution < 1.29 is 4.79 Å². The molecular weight excluding hydrogens is 493 g/mol. The minimum absolute atomic E-state index is 0.166. The topological polar surface area (TPSA) is 68.0 Å². The van der Waals surface area contributed by atoms with Crippen molar-refractivity contribution in [2.75, 3.05) is 11.1 Å². The molecule has 2 heterocycles. The molecule has 1 aromatic carbocycles. The van der Waals surface area contributed by atoms with Gasteiger partial charge >= 0.3 is 0 Å². The highest BCUT2D eigenvalue weighted by Crippen LogP contribution is 2.40. The van der Waals surface area contributed by atoms with Crippen molar-refractivity contribution in [3.05, 3.63) is 49.5 Å². The monoisotopic (exact) mass is 519 g/mol. The zero-order chi connectivity index (χ0) is 20.9. The Hall–Kier alpha value is -1.67. The van der Waals surface area contributed by atoms with Gasteiger partial charge in [-0.2, -0.15) is 0 Å². The van der Waals surface area contributed by atoms with Gasteiger partial charge in [-0.1, -0.05) is 20.8 Å². The van der Waals surface area contributed by atoms with E-state index in [0.717, 1.165) is 44.3 Å². The summed E-state index contributed by atoms with van der Waals surface area (Å²) in [5, 5.41) is 3.92. The molecule has 0 saturated carbocycles. The van der Waals surface area contributed by atoms with Crippen LogP contribution in [0.15, 0.2) is 24.3 Å². The number of hydrogen-bond acceptors (Lipinski definition) is 4. The molecule has 0 radical (unpaired) electrons. The fourth-order valence-electron chi connectivity index (χ4n) is 4.04. The molecule has 1 aliphatic rings. The van der Waals surface area contributed by atoms with Crippen molar-refractivity contribution in [3.8, 4) is 0 Å². The molecule has 0 saturated heterocycles. The predicted molar refractivity (Wildman–Crippen MR) is 131 cm³/mol. The number of anilines is 2. The summed E-state index contributed by atoms with van der Waals surface area (Å²) >= 11 is 3.66. The summed E-state index contributed by atoms with van der Waals surface area (Å²) in [6, 6.07) is 8.14.